The lowest BCUT2D eigenvalue weighted by atomic mass is 10.1. The molecule has 2 aromatic carbocycles. The van der Waals surface area contributed by atoms with Crippen LogP contribution in [-0.2, 0) is 17.9 Å². The molecule has 3 aromatic rings. The number of hydrogen-bond donors (Lipinski definition) is 3. The fourth-order valence-corrected chi connectivity index (χ4v) is 3.20. The van der Waals surface area contributed by atoms with Gasteiger partial charge in [-0.3, -0.25) is 4.79 Å². The van der Waals surface area contributed by atoms with Crippen molar-refractivity contribution < 1.29 is 13.9 Å². The average molecular weight is 423 g/mol. The average Bonchev–Trinajstić information content (AvgIpc) is 3.10. The Morgan fingerprint density at radius 3 is 2.61 bits per heavy atom. The van der Waals surface area contributed by atoms with Crippen LogP contribution in [0.4, 0.5) is 0 Å². The Hall–Kier alpha value is -3.48. The van der Waals surface area contributed by atoms with Crippen LogP contribution < -0.4 is 20.7 Å². The van der Waals surface area contributed by atoms with Gasteiger partial charge in [0.15, 0.2) is 12.6 Å². The lowest BCUT2D eigenvalue weighted by molar-refractivity contribution is -0.122. The zero-order chi connectivity index (χ0) is 22.1. The zero-order valence-electron chi connectivity index (χ0n) is 18.3. The molecule has 0 saturated carbocycles. The van der Waals surface area contributed by atoms with Crippen LogP contribution in [0.25, 0.3) is 11.0 Å². The van der Waals surface area contributed by atoms with Crippen LogP contribution in [-0.4, -0.2) is 31.6 Å². The van der Waals surface area contributed by atoms with Gasteiger partial charge in [-0.1, -0.05) is 30.3 Å². The number of aryl methyl sites for hydroxylation is 1. The first kappa shape index (κ1) is 22.2. The van der Waals surface area contributed by atoms with Crippen molar-refractivity contribution in [2.75, 3.05) is 19.7 Å². The van der Waals surface area contributed by atoms with Crippen LogP contribution in [0.2, 0.25) is 0 Å². The Balaban J connectivity index is 1.62. The van der Waals surface area contributed by atoms with E-state index < -0.39 is 0 Å². The van der Waals surface area contributed by atoms with Crippen molar-refractivity contribution >= 4 is 22.8 Å². The van der Waals surface area contributed by atoms with Gasteiger partial charge in [-0.2, -0.15) is 0 Å². The molecular formula is C24H30N4O3. The van der Waals surface area contributed by atoms with Crippen LogP contribution in [0, 0.1) is 6.92 Å². The van der Waals surface area contributed by atoms with Gasteiger partial charge in [0.1, 0.15) is 17.1 Å². The second kappa shape index (κ2) is 11.1. The molecule has 1 aromatic heterocycles. The smallest absolute Gasteiger partial charge is 0.257 e. The molecule has 7 heteroatoms. The first-order valence-corrected chi connectivity index (χ1v) is 10.6. The SMILES string of the molecule is CCNC(=O)COc1cccc(CN=C(NCC)NCc2oc3ccccc3c2C)c1. The highest BCUT2D eigenvalue weighted by Gasteiger charge is 2.10. The van der Waals surface area contributed by atoms with Gasteiger partial charge >= 0.3 is 0 Å². The van der Waals surface area contributed by atoms with E-state index in [9.17, 15) is 4.79 Å². The number of carbonyl (C=O) groups excluding carboxylic acids is 1. The number of likely N-dealkylation sites (N-methyl/N-ethyl adjacent to an activating group) is 1. The second-order valence-corrected chi connectivity index (χ2v) is 7.08. The van der Waals surface area contributed by atoms with Crippen LogP contribution >= 0.6 is 0 Å². The highest BCUT2D eigenvalue weighted by Crippen LogP contribution is 2.24. The highest BCUT2D eigenvalue weighted by molar-refractivity contribution is 5.83. The van der Waals surface area contributed by atoms with Crippen molar-refractivity contribution in [3.8, 4) is 5.75 Å². The third-order valence-corrected chi connectivity index (χ3v) is 4.77. The minimum Gasteiger partial charge on any atom is -0.484 e. The molecule has 31 heavy (non-hydrogen) atoms. The highest BCUT2D eigenvalue weighted by atomic mass is 16.5. The Morgan fingerprint density at radius 1 is 1.03 bits per heavy atom. The maximum Gasteiger partial charge on any atom is 0.257 e. The zero-order valence-corrected chi connectivity index (χ0v) is 18.3. The first-order chi connectivity index (χ1) is 15.1. The number of nitrogens with zero attached hydrogens (tertiary/aromatic N) is 1. The van der Waals surface area contributed by atoms with Gasteiger partial charge in [0.2, 0.25) is 0 Å². The molecule has 3 N–H and O–H groups in total. The van der Waals surface area contributed by atoms with Crippen LogP contribution in [0.1, 0.15) is 30.7 Å². The van der Waals surface area contributed by atoms with Crippen molar-refractivity contribution in [3.63, 3.8) is 0 Å². The summed E-state index contributed by atoms with van der Waals surface area (Å²) in [6.07, 6.45) is 0. The molecule has 7 nitrogen and oxygen atoms in total. The monoisotopic (exact) mass is 422 g/mol. The number of nitrogens with one attached hydrogen (secondary N) is 3. The quantitative estimate of drug-likeness (QED) is 0.363. The summed E-state index contributed by atoms with van der Waals surface area (Å²) in [6.45, 7) is 8.34. The number of para-hydroxylation sites is 1. The number of carbonyl (C=O) groups is 1. The molecule has 0 aliphatic carbocycles. The molecule has 0 saturated heterocycles. The number of ether oxygens (including phenoxy) is 1. The van der Waals surface area contributed by atoms with Gasteiger partial charge < -0.3 is 25.1 Å². The summed E-state index contributed by atoms with van der Waals surface area (Å²) in [5, 5.41) is 10.4. The largest absolute Gasteiger partial charge is 0.484 e. The van der Waals surface area contributed by atoms with Gasteiger partial charge in [0, 0.05) is 24.0 Å². The maximum absolute atomic E-state index is 11.6. The van der Waals surface area contributed by atoms with Gasteiger partial charge in [-0.05, 0) is 44.5 Å². The summed E-state index contributed by atoms with van der Waals surface area (Å²) in [5.74, 6) is 2.11. The number of rotatable bonds is 9. The minimum absolute atomic E-state index is 0.00160. The minimum atomic E-state index is -0.134. The van der Waals surface area contributed by atoms with Crippen LogP contribution in [0.5, 0.6) is 5.75 Å². The number of benzene rings is 2. The summed E-state index contributed by atoms with van der Waals surface area (Å²) in [7, 11) is 0. The molecule has 0 fully saturated rings. The van der Waals surface area contributed by atoms with Crippen molar-refractivity contribution in [3.05, 3.63) is 65.4 Å². The fraction of sp³-hybridized carbons (Fsp3) is 0.333. The van der Waals surface area contributed by atoms with Crippen LogP contribution in [0.3, 0.4) is 0 Å². The molecule has 1 amide bonds. The van der Waals surface area contributed by atoms with Crippen molar-refractivity contribution in [2.24, 2.45) is 4.99 Å². The van der Waals surface area contributed by atoms with Gasteiger partial charge in [0.05, 0.1) is 13.1 Å². The normalized spacial score (nSPS) is 11.4. The Morgan fingerprint density at radius 2 is 1.84 bits per heavy atom. The molecule has 3 rings (SSSR count). The summed E-state index contributed by atoms with van der Waals surface area (Å²) >= 11 is 0. The summed E-state index contributed by atoms with van der Waals surface area (Å²) in [6, 6.07) is 15.6. The summed E-state index contributed by atoms with van der Waals surface area (Å²) in [4.78, 5) is 16.2. The summed E-state index contributed by atoms with van der Waals surface area (Å²) < 4.78 is 11.5. The van der Waals surface area contributed by atoms with E-state index in [1.165, 1.54) is 0 Å². The van der Waals surface area contributed by atoms with E-state index in [1.807, 2.05) is 56.3 Å². The van der Waals surface area contributed by atoms with E-state index in [-0.39, 0.29) is 12.5 Å². The topological polar surface area (TPSA) is 87.9 Å². The molecule has 0 radical (unpaired) electrons. The molecule has 0 aliphatic rings. The lowest BCUT2D eigenvalue weighted by Gasteiger charge is -2.11. The van der Waals surface area contributed by atoms with Crippen molar-refractivity contribution in [1.29, 1.82) is 0 Å². The molecule has 0 aliphatic heterocycles. The molecule has 164 valence electrons. The van der Waals surface area contributed by atoms with E-state index in [1.54, 1.807) is 0 Å². The Kier molecular flexibility index (Phi) is 7.92. The van der Waals surface area contributed by atoms with E-state index in [0.29, 0.717) is 31.3 Å². The Labute approximate surface area is 182 Å². The van der Waals surface area contributed by atoms with Crippen molar-refractivity contribution in [2.45, 2.75) is 33.9 Å². The Bertz CT molecular complexity index is 1040. The van der Waals surface area contributed by atoms with Crippen molar-refractivity contribution in [1.82, 2.24) is 16.0 Å². The third-order valence-electron chi connectivity index (χ3n) is 4.77. The second-order valence-electron chi connectivity index (χ2n) is 7.08. The van der Waals surface area contributed by atoms with E-state index >= 15 is 0 Å². The number of amides is 1. The van der Waals surface area contributed by atoms with E-state index in [2.05, 4.69) is 33.9 Å². The van der Waals surface area contributed by atoms with Gasteiger partial charge in [-0.15, -0.1) is 0 Å². The van der Waals surface area contributed by atoms with E-state index in [0.717, 1.165) is 34.4 Å². The predicted octanol–water partition coefficient (Wildman–Crippen LogP) is 3.51. The number of furan rings is 1. The molecule has 1 heterocycles. The summed E-state index contributed by atoms with van der Waals surface area (Å²) in [5.41, 5.74) is 3.02. The fourth-order valence-electron chi connectivity index (χ4n) is 3.20. The van der Waals surface area contributed by atoms with Gasteiger partial charge in [0.25, 0.3) is 5.91 Å². The molecule has 0 spiro atoms. The number of fused-ring (bicyclic) bond motifs is 1. The number of aliphatic imine (C=N–C) groups is 1. The van der Waals surface area contributed by atoms with E-state index in [4.69, 9.17) is 9.15 Å². The van der Waals surface area contributed by atoms with Crippen LogP contribution in [0.15, 0.2) is 57.9 Å². The third kappa shape index (κ3) is 6.25. The standard InChI is InChI=1S/C24H30N4O3/c1-4-25-23(29)16-30-19-10-8-9-18(13-19)14-27-24(26-5-2)28-15-22-17(3)20-11-6-7-12-21(20)31-22/h6-13H,4-5,14-16H2,1-3H3,(H,25,29)(H2,26,27,28). The predicted molar refractivity (Wildman–Crippen MR) is 123 cm³/mol. The molecule has 0 atom stereocenters. The number of hydrogen-bond acceptors (Lipinski definition) is 4. The number of guanidine groups is 1. The maximum atomic E-state index is 11.6. The lowest BCUT2D eigenvalue weighted by Crippen LogP contribution is -2.36. The molecule has 0 bridgehead atoms. The van der Waals surface area contributed by atoms with Gasteiger partial charge in [-0.25, -0.2) is 4.99 Å². The molecular weight excluding hydrogens is 392 g/mol. The molecule has 0 unspecified atom stereocenters. The first-order valence-electron chi connectivity index (χ1n) is 10.6.